The van der Waals surface area contributed by atoms with E-state index in [0.717, 1.165) is 12.8 Å². The highest BCUT2D eigenvalue weighted by Gasteiger charge is 2.35. The summed E-state index contributed by atoms with van der Waals surface area (Å²) in [5.41, 5.74) is 0. The molecule has 3 heteroatoms. The van der Waals surface area contributed by atoms with Crippen LogP contribution in [0.5, 0.6) is 0 Å². The van der Waals surface area contributed by atoms with E-state index in [4.69, 9.17) is 4.74 Å². The van der Waals surface area contributed by atoms with Crippen molar-refractivity contribution in [3.63, 3.8) is 0 Å². The van der Waals surface area contributed by atoms with Crippen molar-refractivity contribution in [2.45, 2.75) is 51.0 Å². The average molecular weight is 187 g/mol. The Balaban J connectivity index is 2.63. The Hall–Kier alpha value is -0.120. The zero-order valence-electron chi connectivity index (χ0n) is 9.03. The quantitative estimate of drug-likeness (QED) is 0.696. The first-order valence-corrected chi connectivity index (χ1v) is 5.06. The lowest BCUT2D eigenvalue weighted by Crippen LogP contribution is -2.52. The number of nitrogens with zero attached hydrogens (tertiary/aromatic N) is 1. The number of aliphatic hydroxyl groups excluding tert-OH is 1. The molecule has 1 N–H and O–H groups in total. The van der Waals surface area contributed by atoms with Gasteiger partial charge in [-0.25, -0.2) is 0 Å². The van der Waals surface area contributed by atoms with Crippen molar-refractivity contribution in [3.05, 3.63) is 0 Å². The number of ether oxygens (including phenoxy) is 1. The molecule has 1 aliphatic heterocycles. The molecular formula is C10H21NO2. The minimum atomic E-state index is -0.337. The molecule has 0 radical (unpaired) electrons. The van der Waals surface area contributed by atoms with Crippen LogP contribution in [0.1, 0.15) is 26.7 Å². The van der Waals surface area contributed by atoms with Gasteiger partial charge in [-0.05, 0) is 33.9 Å². The highest BCUT2D eigenvalue weighted by molar-refractivity contribution is 4.88. The Labute approximate surface area is 80.7 Å². The van der Waals surface area contributed by atoms with Crippen LogP contribution in [0.4, 0.5) is 0 Å². The van der Waals surface area contributed by atoms with E-state index < -0.39 is 0 Å². The summed E-state index contributed by atoms with van der Waals surface area (Å²) in [5, 5.41) is 9.95. The zero-order chi connectivity index (χ0) is 10.0. The van der Waals surface area contributed by atoms with Gasteiger partial charge >= 0.3 is 0 Å². The van der Waals surface area contributed by atoms with Gasteiger partial charge in [0.05, 0.1) is 18.3 Å². The molecule has 0 aromatic heterocycles. The fourth-order valence-corrected chi connectivity index (χ4v) is 2.02. The first-order valence-electron chi connectivity index (χ1n) is 5.06. The number of likely N-dealkylation sites (N-methyl/N-ethyl adjacent to an activating group) is 1. The Kier molecular flexibility index (Phi) is 3.71. The maximum atomic E-state index is 9.95. The minimum Gasteiger partial charge on any atom is -0.389 e. The van der Waals surface area contributed by atoms with Gasteiger partial charge in [-0.2, -0.15) is 0 Å². The second-order valence-electron chi connectivity index (χ2n) is 4.15. The lowest BCUT2D eigenvalue weighted by Gasteiger charge is -2.41. The molecule has 1 fully saturated rings. The van der Waals surface area contributed by atoms with Crippen molar-refractivity contribution in [2.24, 2.45) is 0 Å². The van der Waals surface area contributed by atoms with Gasteiger partial charge < -0.3 is 14.7 Å². The van der Waals surface area contributed by atoms with Gasteiger partial charge in [0.1, 0.15) is 0 Å². The zero-order valence-corrected chi connectivity index (χ0v) is 9.03. The molecule has 1 heterocycles. The van der Waals surface area contributed by atoms with E-state index in [1.54, 1.807) is 0 Å². The Morgan fingerprint density at radius 2 is 2.08 bits per heavy atom. The van der Waals surface area contributed by atoms with Gasteiger partial charge in [-0.1, -0.05) is 6.92 Å². The highest BCUT2D eigenvalue weighted by Crippen LogP contribution is 2.24. The van der Waals surface area contributed by atoms with Crippen LogP contribution in [-0.4, -0.2) is 48.5 Å². The van der Waals surface area contributed by atoms with E-state index in [-0.39, 0.29) is 24.4 Å². The molecule has 78 valence electrons. The lowest BCUT2D eigenvalue weighted by atomic mass is 9.94. The van der Waals surface area contributed by atoms with Crippen molar-refractivity contribution < 1.29 is 9.84 Å². The summed E-state index contributed by atoms with van der Waals surface area (Å²) < 4.78 is 5.65. The van der Waals surface area contributed by atoms with Crippen molar-refractivity contribution >= 4 is 0 Å². The molecule has 0 aromatic rings. The van der Waals surface area contributed by atoms with Crippen LogP contribution in [0.2, 0.25) is 0 Å². The molecule has 0 spiro atoms. The maximum Gasteiger partial charge on any atom is 0.0957 e. The average Bonchev–Trinajstić information content (AvgIpc) is 2.08. The van der Waals surface area contributed by atoms with E-state index in [1.807, 2.05) is 14.1 Å². The smallest absolute Gasteiger partial charge is 0.0957 e. The number of aliphatic hydroxyl groups is 1. The van der Waals surface area contributed by atoms with Gasteiger partial charge in [0.25, 0.3) is 0 Å². The number of rotatable bonds is 2. The van der Waals surface area contributed by atoms with Crippen molar-refractivity contribution in [1.29, 1.82) is 0 Å². The normalized spacial score (nSPS) is 41.1. The van der Waals surface area contributed by atoms with Gasteiger partial charge in [0, 0.05) is 6.04 Å². The molecule has 0 aromatic carbocycles. The summed E-state index contributed by atoms with van der Waals surface area (Å²) in [6, 6.07) is 0.244. The SMILES string of the molecule is CCC1O[C@H](C)C[C@H](N(C)C)[C@H]1O. The molecule has 3 nitrogen and oxygen atoms in total. The van der Waals surface area contributed by atoms with Gasteiger partial charge in [-0.15, -0.1) is 0 Å². The van der Waals surface area contributed by atoms with Crippen molar-refractivity contribution in [3.8, 4) is 0 Å². The van der Waals surface area contributed by atoms with E-state index in [9.17, 15) is 5.11 Å². The Bertz CT molecular complexity index is 161. The van der Waals surface area contributed by atoms with E-state index in [1.165, 1.54) is 0 Å². The second kappa shape index (κ2) is 4.40. The lowest BCUT2D eigenvalue weighted by molar-refractivity contribution is -0.142. The van der Waals surface area contributed by atoms with Crippen molar-refractivity contribution in [1.82, 2.24) is 4.90 Å². The highest BCUT2D eigenvalue weighted by atomic mass is 16.5. The molecular weight excluding hydrogens is 166 g/mol. The summed E-state index contributed by atoms with van der Waals surface area (Å²) >= 11 is 0. The van der Waals surface area contributed by atoms with Crippen LogP contribution in [0.15, 0.2) is 0 Å². The van der Waals surface area contributed by atoms with E-state index >= 15 is 0 Å². The molecule has 1 unspecified atom stereocenters. The minimum absolute atomic E-state index is 0.0103. The van der Waals surface area contributed by atoms with E-state index in [2.05, 4.69) is 18.7 Å². The van der Waals surface area contributed by atoms with Gasteiger partial charge in [0.15, 0.2) is 0 Å². The third-order valence-electron chi connectivity index (χ3n) is 2.82. The third kappa shape index (κ3) is 2.42. The summed E-state index contributed by atoms with van der Waals surface area (Å²) in [6.07, 6.45) is 1.74. The molecule has 0 saturated carbocycles. The molecule has 0 amide bonds. The first kappa shape index (κ1) is 11.0. The van der Waals surface area contributed by atoms with E-state index in [0.29, 0.717) is 0 Å². The molecule has 1 aliphatic rings. The molecule has 13 heavy (non-hydrogen) atoms. The van der Waals surface area contributed by atoms with Crippen LogP contribution in [0.3, 0.4) is 0 Å². The molecule has 1 saturated heterocycles. The van der Waals surface area contributed by atoms with Crippen molar-refractivity contribution in [2.75, 3.05) is 14.1 Å². The maximum absolute atomic E-state index is 9.95. The second-order valence-corrected chi connectivity index (χ2v) is 4.15. The molecule has 1 rings (SSSR count). The summed E-state index contributed by atoms with van der Waals surface area (Å²) in [4.78, 5) is 2.09. The van der Waals surface area contributed by atoms with Crippen LogP contribution in [-0.2, 0) is 4.74 Å². The Morgan fingerprint density at radius 1 is 1.46 bits per heavy atom. The fourth-order valence-electron chi connectivity index (χ4n) is 2.02. The predicted octanol–water partition coefficient (Wildman–Crippen LogP) is 0.865. The monoisotopic (exact) mass is 187 g/mol. The summed E-state index contributed by atoms with van der Waals surface area (Å²) in [5.74, 6) is 0. The number of hydrogen-bond acceptors (Lipinski definition) is 3. The Morgan fingerprint density at radius 3 is 2.54 bits per heavy atom. The summed E-state index contributed by atoms with van der Waals surface area (Å²) in [7, 11) is 4.03. The molecule has 4 atom stereocenters. The van der Waals surface area contributed by atoms with Gasteiger partial charge in [0.2, 0.25) is 0 Å². The van der Waals surface area contributed by atoms with Crippen LogP contribution in [0.25, 0.3) is 0 Å². The van der Waals surface area contributed by atoms with Crippen LogP contribution in [0, 0.1) is 0 Å². The largest absolute Gasteiger partial charge is 0.389 e. The topological polar surface area (TPSA) is 32.7 Å². The van der Waals surface area contributed by atoms with Crippen LogP contribution >= 0.6 is 0 Å². The van der Waals surface area contributed by atoms with Gasteiger partial charge in [-0.3, -0.25) is 0 Å². The van der Waals surface area contributed by atoms with Crippen LogP contribution < -0.4 is 0 Å². The molecule has 0 bridgehead atoms. The number of hydrogen-bond donors (Lipinski definition) is 1. The first-order chi connectivity index (χ1) is 6.06. The fraction of sp³-hybridized carbons (Fsp3) is 1.00. The predicted molar refractivity (Wildman–Crippen MR) is 52.7 cm³/mol. The molecule has 0 aliphatic carbocycles. The summed E-state index contributed by atoms with van der Waals surface area (Å²) in [6.45, 7) is 4.13. The third-order valence-corrected chi connectivity index (χ3v) is 2.82. The standard InChI is InChI=1S/C10H21NO2/c1-5-9-10(12)8(11(3)4)6-7(2)13-9/h7-10,12H,5-6H2,1-4H3/t7-,8+,9?,10-/m1/s1.